The van der Waals surface area contributed by atoms with Gasteiger partial charge < -0.3 is 0 Å². The lowest BCUT2D eigenvalue weighted by Crippen LogP contribution is -2.22. The fourth-order valence-electron chi connectivity index (χ4n) is 2.68. The molecule has 6 heteroatoms. The zero-order chi connectivity index (χ0) is 20.1. The summed E-state index contributed by atoms with van der Waals surface area (Å²) < 4.78 is 13.1. The van der Waals surface area contributed by atoms with Crippen LogP contribution in [0, 0.1) is 5.82 Å². The Morgan fingerprint density at radius 3 is 2.21 bits per heavy atom. The number of amides is 1. The van der Waals surface area contributed by atoms with E-state index in [0.29, 0.717) is 27.7 Å². The molecule has 0 unspecified atom stereocenters. The highest BCUT2D eigenvalue weighted by atomic mass is 35.5. The lowest BCUT2D eigenvalue weighted by molar-refractivity contribution is -0.116. The van der Waals surface area contributed by atoms with Crippen molar-refractivity contribution < 1.29 is 9.18 Å². The van der Waals surface area contributed by atoms with E-state index < -0.39 is 0 Å². The van der Waals surface area contributed by atoms with Crippen molar-refractivity contribution in [2.45, 2.75) is 13.3 Å². The van der Waals surface area contributed by atoms with Gasteiger partial charge >= 0.3 is 0 Å². The summed E-state index contributed by atoms with van der Waals surface area (Å²) in [6.45, 7) is 1.41. The number of nitrogens with zero attached hydrogens (tertiary/aromatic N) is 2. The van der Waals surface area contributed by atoms with Gasteiger partial charge in [-0.05, 0) is 41.0 Å². The van der Waals surface area contributed by atoms with Crippen LogP contribution in [0.25, 0.3) is 0 Å². The second-order valence-electron chi connectivity index (χ2n) is 6.18. The molecule has 3 rings (SSSR count). The molecule has 0 N–H and O–H groups in total. The topological polar surface area (TPSA) is 32.7 Å². The van der Waals surface area contributed by atoms with Crippen molar-refractivity contribution in [3.8, 4) is 0 Å². The van der Waals surface area contributed by atoms with Gasteiger partial charge in [-0.25, -0.2) is 9.40 Å². The van der Waals surface area contributed by atoms with Crippen LogP contribution in [0.3, 0.4) is 0 Å². The first-order chi connectivity index (χ1) is 13.4. The Hall–Kier alpha value is -2.69. The van der Waals surface area contributed by atoms with Crippen LogP contribution in [-0.2, 0) is 11.2 Å². The van der Waals surface area contributed by atoms with E-state index in [2.05, 4.69) is 5.10 Å². The molecule has 0 spiro atoms. The van der Waals surface area contributed by atoms with Crippen LogP contribution in [0.15, 0.2) is 71.8 Å². The average Bonchev–Trinajstić information content (AvgIpc) is 2.67. The predicted molar refractivity (Wildman–Crippen MR) is 113 cm³/mol. The molecular formula is C22H17Cl2FN2O. The van der Waals surface area contributed by atoms with Crippen LogP contribution in [-0.4, -0.2) is 12.1 Å². The first-order valence-electron chi connectivity index (χ1n) is 8.56. The molecule has 0 radical (unpaired) electrons. The summed E-state index contributed by atoms with van der Waals surface area (Å²) in [5.41, 5.74) is 2.91. The Kier molecular flexibility index (Phi) is 6.45. The van der Waals surface area contributed by atoms with Gasteiger partial charge in [-0.2, -0.15) is 5.10 Å². The van der Waals surface area contributed by atoms with Gasteiger partial charge in [-0.15, -0.1) is 0 Å². The molecule has 1 amide bonds. The van der Waals surface area contributed by atoms with E-state index in [1.165, 1.54) is 24.1 Å². The van der Waals surface area contributed by atoms with E-state index in [9.17, 15) is 9.18 Å². The molecule has 3 aromatic carbocycles. The van der Waals surface area contributed by atoms with E-state index in [1.807, 2.05) is 30.3 Å². The highest BCUT2D eigenvalue weighted by Crippen LogP contribution is 2.33. The number of carbonyl (C=O) groups is 1. The molecule has 0 saturated carbocycles. The van der Waals surface area contributed by atoms with Crippen molar-refractivity contribution in [2.24, 2.45) is 5.10 Å². The summed E-state index contributed by atoms with van der Waals surface area (Å²) in [4.78, 5) is 12.1. The number of benzene rings is 3. The third-order valence-corrected chi connectivity index (χ3v) is 4.76. The lowest BCUT2D eigenvalue weighted by Gasteiger charge is -2.17. The maximum atomic E-state index is 13.1. The normalized spacial score (nSPS) is 11.0. The molecule has 3 nitrogen and oxygen atoms in total. The minimum Gasteiger partial charge on any atom is -0.273 e. The predicted octanol–water partition coefficient (Wildman–Crippen LogP) is 6.11. The fourth-order valence-corrected chi connectivity index (χ4v) is 3.29. The van der Waals surface area contributed by atoms with Gasteiger partial charge in [0.2, 0.25) is 5.91 Å². The second kappa shape index (κ2) is 9.00. The Morgan fingerprint density at radius 2 is 1.64 bits per heavy atom. The summed E-state index contributed by atoms with van der Waals surface area (Å²) in [6.07, 6.45) is 2.04. The number of halogens is 3. The largest absolute Gasteiger partial charge is 0.273 e. The van der Waals surface area contributed by atoms with E-state index in [0.717, 1.165) is 11.1 Å². The Labute approximate surface area is 173 Å². The molecular weight excluding hydrogens is 398 g/mol. The molecule has 0 bridgehead atoms. The van der Waals surface area contributed by atoms with Gasteiger partial charge in [0.1, 0.15) is 5.82 Å². The van der Waals surface area contributed by atoms with E-state index in [1.54, 1.807) is 30.5 Å². The van der Waals surface area contributed by atoms with Crippen LogP contribution in [0.5, 0.6) is 0 Å². The molecule has 0 aliphatic carbocycles. The molecule has 0 aliphatic heterocycles. The zero-order valence-electron chi connectivity index (χ0n) is 15.1. The molecule has 0 saturated heterocycles. The summed E-state index contributed by atoms with van der Waals surface area (Å²) >= 11 is 12.9. The standard InChI is InChI=1S/C22H17Cl2FN2O/c1-15(28)27(26-14-17-5-3-2-4-6-17)19-12-21(23)20(22(24)13-19)11-16-7-9-18(25)10-8-16/h2-10,12-14H,11H2,1H3/b26-14+. The minimum absolute atomic E-state index is 0.273. The number of rotatable bonds is 5. The smallest absolute Gasteiger partial charge is 0.244 e. The van der Waals surface area contributed by atoms with Crippen LogP contribution in [0.2, 0.25) is 10.0 Å². The third kappa shape index (κ3) is 4.97. The van der Waals surface area contributed by atoms with Crippen molar-refractivity contribution in [1.82, 2.24) is 0 Å². The summed E-state index contributed by atoms with van der Waals surface area (Å²) in [7, 11) is 0. The Morgan fingerprint density at radius 1 is 1.04 bits per heavy atom. The van der Waals surface area contributed by atoms with E-state index in [4.69, 9.17) is 23.2 Å². The van der Waals surface area contributed by atoms with Gasteiger partial charge in [-0.3, -0.25) is 4.79 Å². The van der Waals surface area contributed by atoms with Crippen molar-refractivity contribution >= 4 is 41.0 Å². The maximum Gasteiger partial charge on any atom is 0.244 e. The molecule has 0 aliphatic rings. The van der Waals surface area contributed by atoms with Crippen molar-refractivity contribution in [2.75, 3.05) is 5.01 Å². The quantitative estimate of drug-likeness (QED) is 0.366. The summed E-state index contributed by atoms with van der Waals surface area (Å²) in [6, 6.07) is 18.9. The van der Waals surface area contributed by atoms with Gasteiger partial charge in [0, 0.05) is 23.4 Å². The minimum atomic E-state index is -0.301. The first kappa shape index (κ1) is 20.1. The maximum absolute atomic E-state index is 13.1. The molecule has 0 heterocycles. The lowest BCUT2D eigenvalue weighted by atomic mass is 10.0. The number of hydrogen-bond donors (Lipinski definition) is 0. The van der Waals surface area contributed by atoms with E-state index >= 15 is 0 Å². The first-order valence-corrected chi connectivity index (χ1v) is 9.31. The van der Waals surface area contributed by atoms with Crippen LogP contribution < -0.4 is 5.01 Å². The molecule has 3 aromatic rings. The Bertz CT molecular complexity index is 982. The number of anilines is 1. The SMILES string of the molecule is CC(=O)N(/N=C/c1ccccc1)c1cc(Cl)c(Cc2ccc(F)cc2)c(Cl)c1. The fraction of sp³-hybridized carbons (Fsp3) is 0.0909. The van der Waals surface area contributed by atoms with Gasteiger partial charge in [-0.1, -0.05) is 65.7 Å². The van der Waals surface area contributed by atoms with Gasteiger partial charge in [0.25, 0.3) is 0 Å². The van der Waals surface area contributed by atoms with Gasteiger partial charge in [0.05, 0.1) is 11.9 Å². The molecule has 0 aromatic heterocycles. The zero-order valence-corrected chi connectivity index (χ0v) is 16.6. The van der Waals surface area contributed by atoms with Crippen molar-refractivity contribution in [1.29, 1.82) is 0 Å². The molecule has 0 atom stereocenters. The Balaban J connectivity index is 1.89. The summed E-state index contributed by atoms with van der Waals surface area (Å²) in [5, 5.41) is 6.33. The van der Waals surface area contributed by atoms with Gasteiger partial charge in [0.15, 0.2) is 0 Å². The average molecular weight is 415 g/mol. The number of hydrazone groups is 1. The van der Waals surface area contributed by atoms with E-state index in [-0.39, 0.29) is 11.7 Å². The van der Waals surface area contributed by atoms with Crippen molar-refractivity contribution in [3.05, 3.63) is 99.3 Å². The monoisotopic (exact) mass is 414 g/mol. The summed E-state index contributed by atoms with van der Waals surface area (Å²) in [5.74, 6) is -0.574. The highest BCUT2D eigenvalue weighted by molar-refractivity contribution is 6.36. The van der Waals surface area contributed by atoms with Crippen LogP contribution in [0.1, 0.15) is 23.6 Å². The third-order valence-electron chi connectivity index (χ3n) is 4.08. The van der Waals surface area contributed by atoms with Crippen LogP contribution in [0.4, 0.5) is 10.1 Å². The number of carbonyl (C=O) groups excluding carboxylic acids is 1. The molecule has 0 fully saturated rings. The highest BCUT2D eigenvalue weighted by Gasteiger charge is 2.16. The van der Waals surface area contributed by atoms with Crippen molar-refractivity contribution in [3.63, 3.8) is 0 Å². The van der Waals surface area contributed by atoms with Crippen LogP contribution >= 0.6 is 23.2 Å². The second-order valence-corrected chi connectivity index (χ2v) is 6.99. The number of hydrogen-bond acceptors (Lipinski definition) is 2. The molecule has 28 heavy (non-hydrogen) atoms. The molecule has 142 valence electrons.